The van der Waals surface area contributed by atoms with Crippen LogP contribution < -0.4 is 4.74 Å². The van der Waals surface area contributed by atoms with Gasteiger partial charge in [-0.2, -0.15) is 0 Å². The molecule has 4 rings (SSSR count). The number of ether oxygens (including phenoxy) is 1. The Balaban J connectivity index is 1.46. The molecule has 0 aromatic heterocycles. The fourth-order valence-electron chi connectivity index (χ4n) is 4.34. The number of hydrogen-bond donors (Lipinski definition) is 0. The molecule has 0 N–H and O–H groups in total. The number of fused-ring (bicyclic) bond motifs is 1. The summed E-state index contributed by atoms with van der Waals surface area (Å²) in [6.45, 7) is 2.19. The van der Waals surface area contributed by atoms with Crippen LogP contribution in [0.3, 0.4) is 0 Å². The molecule has 6 heteroatoms. The zero-order chi connectivity index (χ0) is 25.7. The van der Waals surface area contributed by atoms with E-state index in [0.29, 0.717) is 16.5 Å². The van der Waals surface area contributed by atoms with Crippen molar-refractivity contribution in [2.24, 2.45) is 0 Å². The summed E-state index contributed by atoms with van der Waals surface area (Å²) >= 11 is 0. The van der Waals surface area contributed by atoms with Crippen LogP contribution in [0.15, 0.2) is 72.8 Å². The zero-order valence-electron chi connectivity index (χ0n) is 20.0. The van der Waals surface area contributed by atoms with Gasteiger partial charge in [0, 0.05) is 5.39 Å². The molecular formula is C30H27F5O. The van der Waals surface area contributed by atoms with Crippen LogP contribution in [0.25, 0.3) is 21.9 Å². The minimum Gasteiger partial charge on any atom is -0.403 e. The van der Waals surface area contributed by atoms with Gasteiger partial charge in [-0.1, -0.05) is 74.4 Å². The number of alkyl halides is 3. The second-order valence-electron chi connectivity index (χ2n) is 8.94. The van der Waals surface area contributed by atoms with Crippen LogP contribution in [0, 0.1) is 11.6 Å². The maximum atomic E-state index is 15.2. The topological polar surface area (TPSA) is 9.23 Å². The van der Waals surface area contributed by atoms with Crippen molar-refractivity contribution in [3.8, 4) is 16.9 Å². The van der Waals surface area contributed by atoms with E-state index in [4.69, 9.17) is 0 Å². The highest BCUT2D eigenvalue weighted by Crippen LogP contribution is 2.30. The lowest BCUT2D eigenvalue weighted by Gasteiger charge is -2.11. The van der Waals surface area contributed by atoms with Gasteiger partial charge >= 0.3 is 6.36 Å². The molecule has 0 bridgehead atoms. The number of rotatable bonds is 9. The van der Waals surface area contributed by atoms with Gasteiger partial charge in [0.2, 0.25) is 0 Å². The van der Waals surface area contributed by atoms with Crippen LogP contribution >= 0.6 is 0 Å². The summed E-state index contributed by atoms with van der Waals surface area (Å²) in [5.41, 5.74) is 4.30. The van der Waals surface area contributed by atoms with Gasteiger partial charge in [0.05, 0.1) is 0 Å². The minimum atomic E-state index is -4.96. The molecule has 0 saturated heterocycles. The van der Waals surface area contributed by atoms with Crippen molar-refractivity contribution in [3.05, 3.63) is 101 Å². The molecule has 1 nitrogen and oxygen atoms in total. The van der Waals surface area contributed by atoms with Gasteiger partial charge in [0.15, 0.2) is 11.6 Å². The monoisotopic (exact) mass is 498 g/mol. The normalized spacial score (nSPS) is 11.7. The Kier molecular flexibility index (Phi) is 7.92. The molecule has 0 spiro atoms. The third-order valence-corrected chi connectivity index (χ3v) is 6.30. The van der Waals surface area contributed by atoms with Crippen LogP contribution in [-0.2, 0) is 19.3 Å². The lowest BCUT2D eigenvalue weighted by Crippen LogP contribution is -2.18. The molecule has 0 amide bonds. The first-order chi connectivity index (χ1) is 17.2. The Labute approximate surface area is 207 Å². The van der Waals surface area contributed by atoms with Crippen molar-refractivity contribution in [1.82, 2.24) is 0 Å². The van der Waals surface area contributed by atoms with Gasteiger partial charge < -0.3 is 4.74 Å². The second kappa shape index (κ2) is 11.1. The highest BCUT2D eigenvalue weighted by atomic mass is 19.4. The molecule has 4 aromatic carbocycles. The summed E-state index contributed by atoms with van der Waals surface area (Å²) in [6.07, 6.45) is 0.252. The Morgan fingerprint density at radius 2 is 1.42 bits per heavy atom. The summed E-state index contributed by atoms with van der Waals surface area (Å²) in [6, 6.07) is 20.9. The van der Waals surface area contributed by atoms with Crippen LogP contribution in [0.2, 0.25) is 0 Å². The fraction of sp³-hybridized carbons (Fsp3) is 0.267. The Morgan fingerprint density at radius 3 is 2.11 bits per heavy atom. The summed E-state index contributed by atoms with van der Waals surface area (Å²) < 4.78 is 69.8. The van der Waals surface area contributed by atoms with Crippen molar-refractivity contribution >= 4 is 10.8 Å². The van der Waals surface area contributed by atoms with Gasteiger partial charge in [-0.25, -0.2) is 8.78 Å². The van der Waals surface area contributed by atoms with E-state index in [0.717, 1.165) is 35.1 Å². The van der Waals surface area contributed by atoms with E-state index in [-0.39, 0.29) is 18.7 Å². The molecule has 0 fully saturated rings. The molecule has 0 saturated carbocycles. The molecule has 0 unspecified atom stereocenters. The summed E-state index contributed by atoms with van der Waals surface area (Å²) in [7, 11) is 0. The van der Waals surface area contributed by atoms with E-state index in [1.807, 2.05) is 18.2 Å². The Bertz CT molecular complexity index is 1330. The number of halogens is 5. The smallest absolute Gasteiger partial charge is 0.403 e. The quantitative estimate of drug-likeness (QED) is 0.165. The van der Waals surface area contributed by atoms with Crippen molar-refractivity contribution in [1.29, 1.82) is 0 Å². The largest absolute Gasteiger partial charge is 0.573 e. The molecule has 4 aromatic rings. The number of hydrogen-bond acceptors (Lipinski definition) is 1. The lowest BCUT2D eigenvalue weighted by atomic mass is 9.96. The van der Waals surface area contributed by atoms with Crippen LogP contribution in [0.5, 0.6) is 5.75 Å². The predicted octanol–water partition coefficient (Wildman–Crippen LogP) is 9.20. The zero-order valence-corrected chi connectivity index (χ0v) is 20.0. The Morgan fingerprint density at radius 1 is 0.694 bits per heavy atom. The highest BCUT2D eigenvalue weighted by Gasteiger charge is 2.32. The molecule has 0 heterocycles. The summed E-state index contributed by atoms with van der Waals surface area (Å²) in [4.78, 5) is 0. The van der Waals surface area contributed by atoms with E-state index < -0.39 is 17.9 Å². The van der Waals surface area contributed by atoms with Crippen LogP contribution in [0.1, 0.15) is 42.9 Å². The van der Waals surface area contributed by atoms with Gasteiger partial charge in [-0.3, -0.25) is 0 Å². The van der Waals surface area contributed by atoms with Gasteiger partial charge in [0.25, 0.3) is 0 Å². The third-order valence-electron chi connectivity index (χ3n) is 6.30. The van der Waals surface area contributed by atoms with Crippen molar-refractivity contribution in [3.63, 3.8) is 0 Å². The molecule has 0 atom stereocenters. The predicted molar refractivity (Wildman–Crippen MR) is 133 cm³/mol. The molecule has 36 heavy (non-hydrogen) atoms. The molecule has 188 valence electrons. The molecule has 0 aliphatic carbocycles. The second-order valence-corrected chi connectivity index (χ2v) is 8.94. The Hall–Kier alpha value is -3.41. The van der Waals surface area contributed by atoms with E-state index in [2.05, 4.69) is 35.9 Å². The van der Waals surface area contributed by atoms with E-state index >= 15 is 4.39 Å². The summed E-state index contributed by atoms with van der Waals surface area (Å²) in [5, 5.41) is 1.27. The molecular weight excluding hydrogens is 471 g/mol. The first kappa shape index (κ1) is 25.7. The number of unbranched alkanes of at least 4 members (excludes halogenated alkanes) is 2. The number of aryl methyl sites for hydroxylation is 3. The SMILES string of the molecule is CCCCCc1ccc(-c2ccc3c(F)c(CCc4ccc(OC(F)(F)F)c(F)c4)ccc3c2)cc1. The third kappa shape index (κ3) is 6.42. The van der Waals surface area contributed by atoms with Crippen LogP contribution in [-0.4, -0.2) is 6.36 Å². The average Bonchev–Trinajstić information content (AvgIpc) is 2.85. The maximum absolute atomic E-state index is 15.2. The standard InChI is InChI=1S/C30H27F5O/c1-2-3-4-5-20-6-10-22(11-7-20)24-15-16-26-25(19-24)14-13-23(29(26)32)12-8-21-9-17-28(27(31)18-21)36-30(33,34)35/h6-7,9-11,13-19H,2-5,8,12H2,1H3. The number of benzene rings is 4. The van der Waals surface area contributed by atoms with Gasteiger partial charge in [0.1, 0.15) is 5.82 Å². The lowest BCUT2D eigenvalue weighted by molar-refractivity contribution is -0.275. The van der Waals surface area contributed by atoms with Crippen molar-refractivity contribution in [2.75, 3.05) is 0 Å². The van der Waals surface area contributed by atoms with Crippen LogP contribution in [0.4, 0.5) is 22.0 Å². The molecule has 0 radical (unpaired) electrons. The van der Waals surface area contributed by atoms with E-state index in [1.165, 1.54) is 30.9 Å². The van der Waals surface area contributed by atoms with E-state index in [1.54, 1.807) is 12.1 Å². The molecule has 0 aliphatic heterocycles. The van der Waals surface area contributed by atoms with E-state index in [9.17, 15) is 17.6 Å². The van der Waals surface area contributed by atoms with Crippen molar-refractivity contribution in [2.45, 2.75) is 51.8 Å². The fourth-order valence-corrected chi connectivity index (χ4v) is 4.34. The first-order valence-corrected chi connectivity index (χ1v) is 12.1. The highest BCUT2D eigenvalue weighted by molar-refractivity contribution is 5.88. The molecule has 0 aliphatic rings. The summed E-state index contributed by atoms with van der Waals surface area (Å²) in [5.74, 6) is -2.33. The van der Waals surface area contributed by atoms with Gasteiger partial charge in [-0.05, 0) is 77.1 Å². The maximum Gasteiger partial charge on any atom is 0.573 e. The van der Waals surface area contributed by atoms with Crippen molar-refractivity contribution < 1.29 is 26.7 Å². The first-order valence-electron chi connectivity index (χ1n) is 12.1. The van der Waals surface area contributed by atoms with Gasteiger partial charge in [-0.15, -0.1) is 13.2 Å². The average molecular weight is 499 g/mol. The minimum absolute atomic E-state index is 0.272.